The number of nitrogens with one attached hydrogen (secondary N) is 2. The molecule has 0 aliphatic carbocycles. The van der Waals surface area contributed by atoms with Crippen molar-refractivity contribution >= 4 is 11.8 Å². The molecule has 1 aliphatic heterocycles. The highest BCUT2D eigenvalue weighted by Crippen LogP contribution is 2.00. The van der Waals surface area contributed by atoms with Crippen LogP contribution in [-0.2, 0) is 16.6 Å². The second-order valence-corrected chi connectivity index (χ2v) is 5.28. The summed E-state index contributed by atoms with van der Waals surface area (Å²) in [5.41, 5.74) is 0.464. The largest absolute Gasteiger partial charge is 0.374 e. The van der Waals surface area contributed by atoms with Gasteiger partial charge in [0.1, 0.15) is 5.69 Å². The molecule has 1 unspecified atom stereocenters. The van der Waals surface area contributed by atoms with Crippen LogP contribution in [0.15, 0.2) is 18.3 Å². The van der Waals surface area contributed by atoms with E-state index in [1.54, 1.807) is 29.9 Å². The van der Waals surface area contributed by atoms with Crippen LogP contribution < -0.4 is 10.6 Å². The fourth-order valence-corrected chi connectivity index (χ4v) is 2.32. The minimum absolute atomic E-state index is 0.0834. The van der Waals surface area contributed by atoms with E-state index in [0.717, 1.165) is 13.1 Å². The van der Waals surface area contributed by atoms with Crippen molar-refractivity contribution in [2.45, 2.75) is 6.10 Å². The predicted molar refractivity (Wildman–Crippen MR) is 78.0 cm³/mol. The van der Waals surface area contributed by atoms with Gasteiger partial charge >= 0.3 is 0 Å². The number of aromatic nitrogens is 1. The highest BCUT2D eigenvalue weighted by molar-refractivity contribution is 6.04. The van der Waals surface area contributed by atoms with Crippen molar-refractivity contribution in [2.75, 3.05) is 39.8 Å². The molecule has 0 spiro atoms. The van der Waals surface area contributed by atoms with Crippen LogP contribution in [0.2, 0.25) is 0 Å². The van der Waals surface area contributed by atoms with E-state index in [9.17, 15) is 9.59 Å². The van der Waals surface area contributed by atoms with Crippen LogP contribution in [0.4, 0.5) is 0 Å². The Kier molecular flexibility index (Phi) is 5.49. The van der Waals surface area contributed by atoms with Crippen LogP contribution in [0.25, 0.3) is 0 Å². The van der Waals surface area contributed by atoms with Crippen LogP contribution in [0.3, 0.4) is 0 Å². The van der Waals surface area contributed by atoms with Crippen LogP contribution in [0, 0.1) is 0 Å². The quantitative estimate of drug-likeness (QED) is 0.744. The van der Waals surface area contributed by atoms with E-state index in [0.29, 0.717) is 18.8 Å². The fraction of sp³-hybridized carbons (Fsp3) is 0.571. The summed E-state index contributed by atoms with van der Waals surface area (Å²) in [6.45, 7) is 3.16. The van der Waals surface area contributed by atoms with Gasteiger partial charge < -0.3 is 14.6 Å². The van der Waals surface area contributed by atoms with Crippen molar-refractivity contribution in [3.05, 3.63) is 24.0 Å². The maximum absolute atomic E-state index is 11.9. The summed E-state index contributed by atoms with van der Waals surface area (Å²) in [5, 5.41) is 5.64. The Morgan fingerprint density at radius 1 is 1.57 bits per heavy atom. The highest BCUT2D eigenvalue weighted by Gasteiger charge is 2.18. The number of likely N-dealkylation sites (N-methyl/N-ethyl adjacent to an activating group) is 1. The Balaban J connectivity index is 1.75. The van der Waals surface area contributed by atoms with E-state index in [1.165, 1.54) is 0 Å². The summed E-state index contributed by atoms with van der Waals surface area (Å²) in [7, 11) is 3.60. The minimum Gasteiger partial charge on any atom is -0.374 e. The lowest BCUT2D eigenvalue weighted by Crippen LogP contribution is -2.47. The number of ether oxygens (including phenoxy) is 1. The smallest absolute Gasteiger partial charge is 0.274 e. The molecule has 116 valence electrons. The first-order valence-electron chi connectivity index (χ1n) is 7.02. The molecular formula is C14H22N4O3. The van der Waals surface area contributed by atoms with E-state index in [4.69, 9.17) is 4.74 Å². The number of rotatable bonds is 5. The molecule has 2 rings (SSSR count). The molecule has 1 aromatic heterocycles. The Bertz CT molecular complexity index is 494. The molecule has 7 nitrogen and oxygen atoms in total. The van der Waals surface area contributed by atoms with Crippen LogP contribution in [-0.4, -0.2) is 67.2 Å². The molecule has 2 amide bonds. The molecule has 1 fully saturated rings. The van der Waals surface area contributed by atoms with Gasteiger partial charge in [0.05, 0.1) is 19.3 Å². The van der Waals surface area contributed by atoms with Gasteiger partial charge in [-0.25, -0.2) is 0 Å². The highest BCUT2D eigenvalue weighted by atomic mass is 16.5. The maximum Gasteiger partial charge on any atom is 0.274 e. The van der Waals surface area contributed by atoms with Gasteiger partial charge in [-0.3, -0.25) is 19.8 Å². The summed E-state index contributed by atoms with van der Waals surface area (Å²) in [6, 6.07) is 3.44. The number of carbonyl (C=O) groups excluding carboxylic acids is 2. The summed E-state index contributed by atoms with van der Waals surface area (Å²) >= 11 is 0. The summed E-state index contributed by atoms with van der Waals surface area (Å²) in [4.78, 5) is 25.6. The zero-order chi connectivity index (χ0) is 15.2. The van der Waals surface area contributed by atoms with Crippen molar-refractivity contribution in [2.24, 2.45) is 7.05 Å². The molecule has 0 bridgehead atoms. The lowest BCUT2D eigenvalue weighted by atomic mass is 10.3. The normalized spacial score (nSPS) is 18.7. The molecular weight excluding hydrogens is 272 g/mol. The number of nitrogens with zero attached hydrogens (tertiary/aromatic N) is 2. The van der Waals surface area contributed by atoms with Gasteiger partial charge in [0.25, 0.3) is 5.91 Å². The molecule has 2 N–H and O–H groups in total. The Hall–Kier alpha value is -1.70. The topological polar surface area (TPSA) is 75.6 Å². The average Bonchev–Trinajstić information content (AvgIpc) is 2.85. The van der Waals surface area contributed by atoms with Gasteiger partial charge in [-0.05, 0) is 19.2 Å². The zero-order valence-corrected chi connectivity index (χ0v) is 12.5. The first-order valence-corrected chi connectivity index (χ1v) is 7.02. The van der Waals surface area contributed by atoms with Crippen molar-refractivity contribution < 1.29 is 14.3 Å². The van der Waals surface area contributed by atoms with Crippen molar-refractivity contribution in [1.29, 1.82) is 0 Å². The molecule has 2 heterocycles. The van der Waals surface area contributed by atoms with E-state index in [1.807, 2.05) is 11.9 Å². The third-order valence-corrected chi connectivity index (χ3v) is 3.36. The number of amides is 2. The van der Waals surface area contributed by atoms with Crippen LogP contribution in [0.1, 0.15) is 10.5 Å². The summed E-state index contributed by atoms with van der Waals surface area (Å²) in [6.07, 6.45) is 1.85. The van der Waals surface area contributed by atoms with Crippen molar-refractivity contribution in [1.82, 2.24) is 20.1 Å². The maximum atomic E-state index is 11.9. The number of carbonyl (C=O) groups is 2. The second kappa shape index (κ2) is 7.35. The molecule has 0 aromatic carbocycles. The van der Waals surface area contributed by atoms with Gasteiger partial charge in [0.2, 0.25) is 5.91 Å². The molecule has 0 saturated carbocycles. The number of hydrogen-bond acceptors (Lipinski definition) is 5. The molecule has 1 saturated heterocycles. The number of imide groups is 1. The van der Waals surface area contributed by atoms with Gasteiger partial charge in [-0.15, -0.1) is 0 Å². The van der Waals surface area contributed by atoms with Gasteiger partial charge in [0.15, 0.2) is 0 Å². The first kappa shape index (κ1) is 15.7. The Morgan fingerprint density at radius 3 is 3.00 bits per heavy atom. The van der Waals surface area contributed by atoms with E-state index < -0.39 is 0 Å². The first-order chi connectivity index (χ1) is 10.1. The number of aryl methyl sites for hydroxylation is 1. The second-order valence-electron chi connectivity index (χ2n) is 5.28. The summed E-state index contributed by atoms with van der Waals surface area (Å²) < 4.78 is 7.25. The third-order valence-electron chi connectivity index (χ3n) is 3.36. The lowest BCUT2D eigenvalue weighted by Gasteiger charge is -2.27. The molecule has 1 atom stereocenters. The monoisotopic (exact) mass is 294 g/mol. The third kappa shape index (κ3) is 4.66. The number of morpholine rings is 1. The molecule has 1 aliphatic rings. The molecule has 7 heteroatoms. The Labute approximate surface area is 124 Å². The van der Waals surface area contributed by atoms with Crippen LogP contribution in [0.5, 0.6) is 0 Å². The Morgan fingerprint density at radius 2 is 2.38 bits per heavy atom. The summed E-state index contributed by atoms with van der Waals surface area (Å²) in [5.74, 6) is -0.691. The van der Waals surface area contributed by atoms with Gasteiger partial charge in [-0.1, -0.05) is 0 Å². The van der Waals surface area contributed by atoms with Crippen LogP contribution >= 0.6 is 0 Å². The van der Waals surface area contributed by atoms with Crippen molar-refractivity contribution in [3.8, 4) is 0 Å². The van der Waals surface area contributed by atoms with E-state index >= 15 is 0 Å². The standard InChI is InChI=1S/C14H22N4O3/c1-17(9-11-8-15-5-7-21-11)10-13(19)16-14(20)12-4-3-6-18(12)2/h3-4,6,11,15H,5,7-10H2,1-2H3,(H,16,19,20). The molecule has 0 radical (unpaired) electrons. The zero-order valence-electron chi connectivity index (χ0n) is 12.5. The molecule has 21 heavy (non-hydrogen) atoms. The fourth-order valence-electron chi connectivity index (χ4n) is 2.32. The minimum atomic E-state index is -0.378. The van der Waals surface area contributed by atoms with E-state index in [2.05, 4.69) is 10.6 Å². The average molecular weight is 294 g/mol. The lowest BCUT2D eigenvalue weighted by molar-refractivity contribution is -0.121. The SMILES string of the molecule is CN(CC(=O)NC(=O)c1cccn1C)CC1CNCCO1. The van der Waals surface area contributed by atoms with Gasteiger partial charge in [-0.2, -0.15) is 0 Å². The predicted octanol–water partition coefficient (Wildman–Crippen LogP) is -0.798. The number of hydrogen-bond donors (Lipinski definition) is 2. The van der Waals surface area contributed by atoms with E-state index in [-0.39, 0.29) is 24.5 Å². The van der Waals surface area contributed by atoms with Crippen molar-refractivity contribution in [3.63, 3.8) is 0 Å². The molecule has 1 aromatic rings. The van der Waals surface area contributed by atoms with Gasteiger partial charge in [0, 0.05) is 32.9 Å².